The van der Waals surface area contributed by atoms with E-state index >= 15 is 0 Å². The highest BCUT2D eigenvalue weighted by Crippen LogP contribution is 2.45. The molecule has 0 N–H and O–H groups in total. The molecule has 3 nitrogen and oxygen atoms in total. The summed E-state index contributed by atoms with van der Waals surface area (Å²) in [4.78, 5) is 16.7. The minimum atomic E-state index is 0.634. The molecular weight excluding hydrogens is 831 g/mol. The van der Waals surface area contributed by atoms with Gasteiger partial charge in [-0.05, 0) is 123 Å². The van der Waals surface area contributed by atoms with Gasteiger partial charge in [0.1, 0.15) is 0 Å². The number of benzene rings is 11. The lowest BCUT2D eigenvalue weighted by Crippen LogP contribution is -2.01. The third-order valence-electron chi connectivity index (χ3n) is 13.6. The second-order valence-electron chi connectivity index (χ2n) is 17.5. The predicted molar refractivity (Wildman–Crippen MR) is 284 cm³/mol. The number of nitrogens with zero attached hydrogens (tertiary/aromatic N) is 3. The Morgan fingerprint density at radius 3 is 1.43 bits per heavy atom. The molecule has 0 unspecified atom stereocenters. The van der Waals surface area contributed by atoms with Crippen molar-refractivity contribution in [3.05, 3.63) is 224 Å². The van der Waals surface area contributed by atoms with Crippen LogP contribution in [0.5, 0.6) is 0 Å². The molecule has 2 heterocycles. The molecule has 0 atom stereocenters. The van der Waals surface area contributed by atoms with Crippen LogP contribution < -0.4 is 0 Å². The average Bonchev–Trinajstić information content (AvgIpc) is 3.84. The maximum atomic E-state index is 5.23. The van der Waals surface area contributed by atoms with Gasteiger partial charge in [-0.15, -0.1) is 11.3 Å². The highest BCUT2D eigenvalue weighted by atomic mass is 32.1. The van der Waals surface area contributed by atoms with Gasteiger partial charge < -0.3 is 0 Å². The molecule has 14 aromatic rings. The van der Waals surface area contributed by atoms with E-state index in [4.69, 9.17) is 15.0 Å². The van der Waals surface area contributed by atoms with Gasteiger partial charge in [0, 0.05) is 31.8 Å². The lowest BCUT2D eigenvalue weighted by Gasteiger charge is -2.17. The van der Waals surface area contributed by atoms with Crippen molar-refractivity contribution in [1.29, 1.82) is 0 Å². The quantitative estimate of drug-likeness (QED) is 0.156. The smallest absolute Gasteiger partial charge is 0.164 e. The minimum Gasteiger partial charge on any atom is -0.208 e. The number of thiophene rings is 1. The molecule has 14 rings (SSSR count). The Bertz CT molecular complexity index is 4230. The molecule has 0 aliphatic carbocycles. The first-order chi connectivity index (χ1) is 33.2. The van der Waals surface area contributed by atoms with Crippen molar-refractivity contribution in [1.82, 2.24) is 15.0 Å². The Balaban J connectivity index is 0.889. The van der Waals surface area contributed by atoms with E-state index in [-0.39, 0.29) is 0 Å². The fourth-order valence-electron chi connectivity index (χ4n) is 10.5. The van der Waals surface area contributed by atoms with Crippen LogP contribution in [0, 0.1) is 0 Å². The molecule has 0 radical (unpaired) electrons. The van der Waals surface area contributed by atoms with Gasteiger partial charge in [0.15, 0.2) is 17.5 Å². The van der Waals surface area contributed by atoms with Gasteiger partial charge in [-0.25, -0.2) is 15.0 Å². The summed E-state index contributed by atoms with van der Waals surface area (Å²) in [6.45, 7) is 0. The molecular formula is C63H37N3S. The van der Waals surface area contributed by atoms with Crippen molar-refractivity contribution < 1.29 is 0 Å². The summed E-state index contributed by atoms with van der Waals surface area (Å²) in [5.74, 6) is 1.92. The van der Waals surface area contributed by atoms with Crippen LogP contribution in [-0.4, -0.2) is 15.0 Å². The second-order valence-corrected chi connectivity index (χ2v) is 18.6. The van der Waals surface area contributed by atoms with E-state index < -0.39 is 0 Å². The zero-order valence-electron chi connectivity index (χ0n) is 36.1. The summed E-state index contributed by atoms with van der Waals surface area (Å²) in [5.41, 5.74) is 8.54. The van der Waals surface area contributed by atoms with Gasteiger partial charge in [-0.3, -0.25) is 0 Å². The van der Waals surface area contributed by atoms with Gasteiger partial charge in [-0.2, -0.15) is 0 Å². The van der Waals surface area contributed by atoms with Crippen molar-refractivity contribution in [2.75, 3.05) is 0 Å². The van der Waals surface area contributed by atoms with Crippen molar-refractivity contribution >= 4 is 86.1 Å². The van der Waals surface area contributed by atoms with E-state index in [0.29, 0.717) is 17.5 Å². The summed E-state index contributed by atoms with van der Waals surface area (Å²) < 4.78 is 1.26. The largest absolute Gasteiger partial charge is 0.208 e. The minimum absolute atomic E-state index is 0.634. The molecule has 310 valence electrons. The Labute approximate surface area is 390 Å². The fourth-order valence-corrected chi connectivity index (χ4v) is 11.6. The van der Waals surface area contributed by atoms with E-state index in [1.807, 2.05) is 18.2 Å². The number of hydrogen-bond donors (Lipinski definition) is 0. The van der Waals surface area contributed by atoms with Crippen LogP contribution >= 0.6 is 11.3 Å². The topological polar surface area (TPSA) is 38.7 Å². The van der Waals surface area contributed by atoms with Crippen molar-refractivity contribution in [3.63, 3.8) is 0 Å². The van der Waals surface area contributed by atoms with Gasteiger partial charge in [0.25, 0.3) is 0 Å². The summed E-state index contributed by atoms with van der Waals surface area (Å²) >= 11 is 1.79. The van der Waals surface area contributed by atoms with Gasteiger partial charge >= 0.3 is 0 Å². The van der Waals surface area contributed by atoms with Crippen molar-refractivity contribution in [2.24, 2.45) is 0 Å². The molecule has 67 heavy (non-hydrogen) atoms. The normalized spacial score (nSPS) is 11.9. The molecule has 0 bridgehead atoms. The highest BCUT2D eigenvalue weighted by Gasteiger charge is 2.19. The standard InChI is InChI=1S/C63H37N3S/c1-2-12-43(13-3-1)61-64-62(66-63(65-61)53-21-6-5-20-49(53)56-37-45-14-4-7-25-55(45)67-56)47-19-8-18-44(34-47)38-26-28-39(29-27-38)48-35-46-33-32-42-16-10-23-51-50-22-9-15-40-30-31-41-17-11-24-52(59(41)57(40)50)54(36-48)60(46)58(42)51/h1-37H. The van der Waals surface area contributed by atoms with Crippen LogP contribution in [0.1, 0.15) is 0 Å². The molecule has 0 spiro atoms. The molecule has 0 amide bonds. The van der Waals surface area contributed by atoms with Crippen LogP contribution in [0.2, 0.25) is 0 Å². The number of fused-ring (bicyclic) bond motifs is 3. The Morgan fingerprint density at radius 1 is 0.254 bits per heavy atom. The maximum Gasteiger partial charge on any atom is 0.164 e. The third kappa shape index (κ3) is 6.15. The molecule has 2 aromatic heterocycles. The Morgan fingerprint density at radius 2 is 0.746 bits per heavy atom. The summed E-state index contributed by atoms with van der Waals surface area (Å²) in [6.07, 6.45) is 0. The zero-order valence-corrected chi connectivity index (χ0v) is 36.9. The monoisotopic (exact) mass is 867 g/mol. The first-order valence-electron chi connectivity index (χ1n) is 22.7. The molecule has 4 heteroatoms. The summed E-state index contributed by atoms with van der Waals surface area (Å²) in [6, 6.07) is 81.3. The van der Waals surface area contributed by atoms with Crippen molar-refractivity contribution in [2.45, 2.75) is 0 Å². The molecule has 12 aromatic carbocycles. The Kier molecular flexibility index (Phi) is 8.45. The number of hydrogen-bond acceptors (Lipinski definition) is 4. The van der Waals surface area contributed by atoms with Crippen molar-refractivity contribution in [3.8, 4) is 66.9 Å². The van der Waals surface area contributed by atoms with E-state index in [9.17, 15) is 0 Å². The fraction of sp³-hybridized carbons (Fsp3) is 0. The summed E-state index contributed by atoms with van der Waals surface area (Å²) in [5, 5.41) is 16.7. The van der Waals surface area contributed by atoms with Crippen LogP contribution in [0.3, 0.4) is 0 Å². The predicted octanol–water partition coefficient (Wildman–Crippen LogP) is 17.4. The van der Waals surface area contributed by atoms with Gasteiger partial charge in [0.05, 0.1) is 0 Å². The van der Waals surface area contributed by atoms with E-state index in [1.54, 1.807) is 11.3 Å². The van der Waals surface area contributed by atoms with E-state index in [1.165, 1.54) is 90.7 Å². The first-order valence-corrected chi connectivity index (χ1v) is 23.6. The lowest BCUT2D eigenvalue weighted by atomic mass is 9.86. The second kappa shape index (κ2) is 15.0. The molecule has 0 saturated heterocycles. The Hall–Kier alpha value is -8.57. The van der Waals surface area contributed by atoms with Crippen LogP contribution in [-0.2, 0) is 0 Å². The van der Waals surface area contributed by atoms with Crippen LogP contribution in [0.4, 0.5) is 0 Å². The first kappa shape index (κ1) is 37.8. The molecule has 0 saturated carbocycles. The maximum absolute atomic E-state index is 5.23. The van der Waals surface area contributed by atoms with Crippen LogP contribution in [0.25, 0.3) is 142 Å². The number of aromatic nitrogens is 3. The SMILES string of the molecule is c1ccc(-c2nc(-c3cccc(-c4ccc(-c5cc6ccc7cccc8c9cccc%10ccc%11cccc(c(c5)c6c78)c%11c%109)cc4)c3)nc(-c3ccccc3-c3cc4ccccc4s3)n2)cc1. The van der Waals surface area contributed by atoms with E-state index in [2.05, 4.69) is 206 Å². The molecule has 0 aliphatic rings. The third-order valence-corrected chi connectivity index (χ3v) is 14.8. The lowest BCUT2D eigenvalue weighted by molar-refractivity contribution is 1.07. The highest BCUT2D eigenvalue weighted by molar-refractivity contribution is 7.22. The van der Waals surface area contributed by atoms with Gasteiger partial charge in [-0.1, -0.05) is 194 Å². The number of rotatable bonds is 6. The molecule has 0 aliphatic heterocycles. The van der Waals surface area contributed by atoms with Gasteiger partial charge in [0.2, 0.25) is 0 Å². The van der Waals surface area contributed by atoms with Crippen LogP contribution in [0.15, 0.2) is 224 Å². The summed E-state index contributed by atoms with van der Waals surface area (Å²) in [7, 11) is 0. The average molecular weight is 868 g/mol. The zero-order chi connectivity index (χ0) is 44.0. The van der Waals surface area contributed by atoms with E-state index in [0.717, 1.165) is 33.4 Å². The molecule has 0 fully saturated rings.